The number of phenolic OH excluding ortho intramolecular Hbond substituents is 4. The molecule has 2 heterocycles. The average Bonchev–Trinajstić information content (AvgIpc) is 2.87. The maximum absolute atomic E-state index is 12.4. The van der Waals surface area contributed by atoms with Crippen molar-refractivity contribution in [3.05, 3.63) is 108 Å². The van der Waals surface area contributed by atoms with Crippen LogP contribution in [-0.4, -0.2) is 32.0 Å². The molecule has 4 rings (SSSR count). The Labute approximate surface area is 207 Å². The Bertz CT molecular complexity index is 1290. The molecule has 0 spiro atoms. The highest BCUT2D eigenvalue weighted by Gasteiger charge is 2.15. The molecule has 2 aromatic carbocycles. The van der Waals surface area contributed by atoms with Crippen LogP contribution in [0, 0.1) is 0 Å². The minimum absolute atomic E-state index is 0.117. The molecule has 4 N–H and O–H groups in total. The Morgan fingerprint density at radius 1 is 0.528 bits per heavy atom. The molecule has 2 aromatic heterocycles. The maximum atomic E-state index is 12.4. The van der Waals surface area contributed by atoms with E-state index in [1.165, 1.54) is 36.4 Å². The average molecular weight is 487 g/mol. The van der Waals surface area contributed by atoms with Crippen molar-refractivity contribution < 1.29 is 39.1 Å². The minimum Gasteiger partial charge on any atom is -0.504 e. The highest BCUT2D eigenvalue weighted by molar-refractivity contribution is 5.96. The number of aryl methyl sites for hydroxylation is 2. The number of pyridine rings is 2. The normalized spacial score (nSPS) is 10.8. The fourth-order valence-electron chi connectivity index (χ4n) is 3.72. The highest BCUT2D eigenvalue weighted by atomic mass is 16.3. The lowest BCUT2D eigenvalue weighted by molar-refractivity contribution is -0.683. The molecule has 36 heavy (non-hydrogen) atoms. The molecule has 0 fully saturated rings. The van der Waals surface area contributed by atoms with Gasteiger partial charge in [0.2, 0.25) is 24.7 Å². The predicted octanol–water partition coefficient (Wildman–Crippen LogP) is 2.64. The second-order valence-electron chi connectivity index (χ2n) is 8.51. The summed E-state index contributed by atoms with van der Waals surface area (Å²) in [5.41, 5.74) is 2.87. The lowest BCUT2D eigenvalue weighted by Crippen LogP contribution is -2.37. The number of carbonyl (C=O) groups excluding carboxylic acids is 2. The molecule has 0 unspecified atom stereocenters. The first-order chi connectivity index (χ1) is 17.3. The van der Waals surface area contributed by atoms with E-state index in [0.29, 0.717) is 11.1 Å². The summed E-state index contributed by atoms with van der Waals surface area (Å²) in [6, 6.07) is 15.9. The van der Waals surface area contributed by atoms with Gasteiger partial charge < -0.3 is 20.4 Å². The summed E-state index contributed by atoms with van der Waals surface area (Å²) in [5, 5.41) is 37.9. The van der Waals surface area contributed by atoms with E-state index in [-0.39, 0.29) is 47.7 Å². The lowest BCUT2D eigenvalue weighted by atomic mass is 10.1. The zero-order chi connectivity index (χ0) is 25.7. The zero-order valence-electron chi connectivity index (χ0n) is 19.4. The van der Waals surface area contributed by atoms with Crippen molar-refractivity contribution >= 4 is 11.6 Å². The Morgan fingerprint density at radius 3 is 1.22 bits per heavy atom. The summed E-state index contributed by atoms with van der Waals surface area (Å²) in [6.07, 6.45) is 8.93. The third kappa shape index (κ3) is 6.04. The van der Waals surface area contributed by atoms with Crippen molar-refractivity contribution in [1.82, 2.24) is 0 Å². The number of carbonyl (C=O) groups is 2. The van der Waals surface area contributed by atoms with Crippen LogP contribution in [0.3, 0.4) is 0 Å². The molecule has 0 aliphatic rings. The summed E-state index contributed by atoms with van der Waals surface area (Å²) >= 11 is 0. The van der Waals surface area contributed by atoms with Crippen molar-refractivity contribution in [2.24, 2.45) is 0 Å². The number of ketones is 2. The van der Waals surface area contributed by atoms with Gasteiger partial charge in [-0.25, -0.2) is 0 Å². The number of Topliss-reactive ketones (excluding diaryl/α,β-unsaturated/α-hetero) is 2. The standard InChI is InChI=1S/C28H24N2O6/c31-23-5-3-21(15-25(23)33)27(35)17-29-11-7-19(8-12-29)1-2-20-9-13-30(14-10-20)18-28(36)22-4-6-24(32)26(34)16-22/h3-16H,1-2,17-18H2,(H2-2,31,32,33,34,35,36)/p+2. The van der Waals surface area contributed by atoms with E-state index >= 15 is 0 Å². The van der Waals surface area contributed by atoms with E-state index in [9.17, 15) is 30.0 Å². The van der Waals surface area contributed by atoms with Crippen LogP contribution in [0.5, 0.6) is 23.0 Å². The number of nitrogens with zero attached hydrogens (tertiary/aromatic N) is 2. The monoisotopic (exact) mass is 486 g/mol. The van der Waals surface area contributed by atoms with Crippen LogP contribution in [0.2, 0.25) is 0 Å². The Kier molecular flexibility index (Phi) is 7.25. The Hall–Kier alpha value is -4.72. The van der Waals surface area contributed by atoms with Crippen LogP contribution in [0.25, 0.3) is 0 Å². The maximum Gasteiger partial charge on any atom is 0.227 e. The van der Waals surface area contributed by atoms with Crippen LogP contribution in [0.1, 0.15) is 31.8 Å². The molecule has 0 bridgehead atoms. The van der Waals surface area contributed by atoms with Gasteiger partial charge in [0.15, 0.2) is 47.8 Å². The molecule has 0 aliphatic carbocycles. The topological polar surface area (TPSA) is 123 Å². The molecule has 0 radical (unpaired) electrons. The summed E-state index contributed by atoms with van der Waals surface area (Å²) < 4.78 is 3.51. The van der Waals surface area contributed by atoms with Gasteiger partial charge in [-0.2, -0.15) is 9.13 Å². The second kappa shape index (κ2) is 10.7. The summed E-state index contributed by atoms with van der Waals surface area (Å²) in [4.78, 5) is 24.8. The third-order valence-corrected chi connectivity index (χ3v) is 5.87. The Morgan fingerprint density at radius 2 is 0.889 bits per heavy atom. The highest BCUT2D eigenvalue weighted by Crippen LogP contribution is 2.25. The van der Waals surface area contributed by atoms with E-state index < -0.39 is 0 Å². The molecule has 8 heteroatoms. The molecule has 0 aliphatic heterocycles. The van der Waals surface area contributed by atoms with Crippen molar-refractivity contribution in [3.8, 4) is 23.0 Å². The largest absolute Gasteiger partial charge is 0.504 e. The van der Waals surface area contributed by atoms with Crippen LogP contribution >= 0.6 is 0 Å². The molecule has 182 valence electrons. The van der Waals surface area contributed by atoms with Gasteiger partial charge >= 0.3 is 0 Å². The molecule has 0 atom stereocenters. The molecule has 4 aromatic rings. The second-order valence-corrected chi connectivity index (χ2v) is 8.51. The first-order valence-corrected chi connectivity index (χ1v) is 11.3. The fraction of sp³-hybridized carbons (Fsp3) is 0.143. The Balaban J connectivity index is 1.29. The van der Waals surface area contributed by atoms with E-state index in [4.69, 9.17) is 0 Å². The van der Waals surface area contributed by atoms with Crippen LogP contribution in [0.15, 0.2) is 85.5 Å². The molecular weight excluding hydrogens is 460 g/mol. The van der Waals surface area contributed by atoms with Crippen LogP contribution in [-0.2, 0) is 25.9 Å². The number of aromatic nitrogens is 2. The quantitative estimate of drug-likeness (QED) is 0.164. The molecular formula is C28H26N2O6+2. The number of aromatic hydroxyl groups is 4. The van der Waals surface area contributed by atoms with Crippen molar-refractivity contribution in [1.29, 1.82) is 0 Å². The van der Waals surface area contributed by atoms with E-state index in [0.717, 1.165) is 24.0 Å². The fourth-order valence-corrected chi connectivity index (χ4v) is 3.72. The van der Waals surface area contributed by atoms with E-state index in [1.807, 2.05) is 49.1 Å². The zero-order valence-corrected chi connectivity index (χ0v) is 19.4. The summed E-state index contributed by atoms with van der Waals surface area (Å²) in [5.74, 6) is -1.53. The van der Waals surface area contributed by atoms with Gasteiger partial charge in [-0.15, -0.1) is 0 Å². The first kappa shape index (κ1) is 24.4. The van der Waals surface area contributed by atoms with Gasteiger partial charge in [-0.05, 0) is 60.4 Å². The van der Waals surface area contributed by atoms with E-state index in [1.54, 1.807) is 9.13 Å². The van der Waals surface area contributed by atoms with Crippen LogP contribution in [0.4, 0.5) is 0 Å². The number of phenols is 4. The third-order valence-electron chi connectivity index (χ3n) is 5.87. The summed E-state index contributed by atoms with van der Waals surface area (Å²) in [7, 11) is 0. The van der Waals surface area contributed by atoms with Crippen molar-refractivity contribution in [3.63, 3.8) is 0 Å². The first-order valence-electron chi connectivity index (χ1n) is 11.3. The molecule has 0 amide bonds. The molecule has 8 nitrogen and oxygen atoms in total. The molecule has 0 saturated carbocycles. The van der Waals surface area contributed by atoms with Gasteiger partial charge in [0.25, 0.3) is 0 Å². The lowest BCUT2D eigenvalue weighted by Gasteiger charge is -2.04. The van der Waals surface area contributed by atoms with Crippen molar-refractivity contribution in [2.75, 3.05) is 0 Å². The van der Waals surface area contributed by atoms with Gasteiger partial charge in [-0.1, -0.05) is 0 Å². The van der Waals surface area contributed by atoms with Crippen molar-refractivity contribution in [2.45, 2.75) is 25.9 Å². The van der Waals surface area contributed by atoms with Crippen LogP contribution < -0.4 is 9.13 Å². The SMILES string of the molecule is O=C(C[n+]1ccc(CCc2cc[n+](CC(=O)c3ccc(O)c(O)c3)cc2)cc1)c1ccc(O)c(O)c1. The van der Waals surface area contributed by atoms with Gasteiger partial charge in [-0.3, -0.25) is 9.59 Å². The number of hydrogen-bond acceptors (Lipinski definition) is 6. The minimum atomic E-state index is -0.322. The van der Waals surface area contributed by atoms with Gasteiger partial charge in [0.05, 0.1) is 0 Å². The number of benzene rings is 2. The smallest absolute Gasteiger partial charge is 0.227 e. The van der Waals surface area contributed by atoms with E-state index in [2.05, 4.69) is 0 Å². The molecule has 0 saturated heterocycles. The van der Waals surface area contributed by atoms with Gasteiger partial charge in [0.1, 0.15) is 0 Å². The number of rotatable bonds is 9. The predicted molar refractivity (Wildman–Crippen MR) is 129 cm³/mol. The number of hydrogen-bond donors (Lipinski definition) is 4. The van der Waals surface area contributed by atoms with Gasteiger partial charge in [0, 0.05) is 35.4 Å². The summed E-state index contributed by atoms with van der Waals surface area (Å²) in [6.45, 7) is 0.233.